The summed E-state index contributed by atoms with van der Waals surface area (Å²) in [6, 6.07) is 4.06. The molecule has 2 aromatic heterocycles. The molecule has 0 unspecified atom stereocenters. The number of amides is 1. The van der Waals surface area contributed by atoms with Gasteiger partial charge >= 0.3 is 0 Å². The molecule has 0 aliphatic carbocycles. The van der Waals surface area contributed by atoms with Crippen LogP contribution < -0.4 is 5.32 Å². The maximum atomic E-state index is 12.1. The fraction of sp³-hybridized carbons (Fsp3) is 0.529. The zero-order valence-corrected chi connectivity index (χ0v) is 13.4. The van der Waals surface area contributed by atoms with Crippen LogP contribution in [-0.4, -0.2) is 22.0 Å². The monoisotopic (exact) mass is 287 g/mol. The first-order valence-electron chi connectivity index (χ1n) is 7.70. The number of nitrogens with zero attached hydrogens (tertiary/aromatic N) is 2. The Morgan fingerprint density at radius 3 is 2.81 bits per heavy atom. The molecule has 0 fully saturated rings. The van der Waals surface area contributed by atoms with Crippen molar-refractivity contribution in [3.8, 4) is 0 Å². The Morgan fingerprint density at radius 1 is 1.38 bits per heavy atom. The van der Waals surface area contributed by atoms with Crippen LogP contribution in [0.25, 0.3) is 11.0 Å². The Hall–Kier alpha value is -1.84. The molecule has 2 aromatic rings. The third-order valence-corrected chi connectivity index (χ3v) is 4.24. The van der Waals surface area contributed by atoms with Gasteiger partial charge in [-0.2, -0.15) is 0 Å². The van der Waals surface area contributed by atoms with Crippen molar-refractivity contribution in [2.45, 2.75) is 47.1 Å². The van der Waals surface area contributed by atoms with Crippen LogP contribution in [-0.2, 0) is 17.8 Å². The predicted molar refractivity (Wildman–Crippen MR) is 86.2 cm³/mol. The number of hydrogen-bond acceptors (Lipinski definition) is 2. The molecule has 0 spiro atoms. The third-order valence-electron chi connectivity index (χ3n) is 4.24. The topological polar surface area (TPSA) is 46.9 Å². The smallest absolute Gasteiger partial charge is 0.225 e. The summed E-state index contributed by atoms with van der Waals surface area (Å²) in [4.78, 5) is 16.5. The summed E-state index contributed by atoms with van der Waals surface area (Å²) < 4.78 is 2.16. The lowest BCUT2D eigenvalue weighted by Gasteiger charge is -2.21. The summed E-state index contributed by atoms with van der Waals surface area (Å²) in [6.45, 7) is 9.69. The van der Waals surface area contributed by atoms with Crippen molar-refractivity contribution < 1.29 is 4.79 Å². The highest BCUT2D eigenvalue weighted by atomic mass is 16.2. The number of rotatable bonds is 6. The quantitative estimate of drug-likeness (QED) is 0.887. The Kier molecular flexibility index (Phi) is 4.66. The fourth-order valence-corrected chi connectivity index (χ4v) is 2.35. The van der Waals surface area contributed by atoms with E-state index in [1.54, 1.807) is 0 Å². The summed E-state index contributed by atoms with van der Waals surface area (Å²) in [5.41, 5.74) is 1.98. The van der Waals surface area contributed by atoms with Gasteiger partial charge in [-0.15, -0.1) is 0 Å². The lowest BCUT2D eigenvalue weighted by atomic mass is 9.89. The highest BCUT2D eigenvalue weighted by Crippen LogP contribution is 2.21. The van der Waals surface area contributed by atoms with Crippen LogP contribution in [0.5, 0.6) is 0 Å². The Balaban J connectivity index is 2.06. The normalized spacial score (nSPS) is 11.8. The molecule has 0 bridgehead atoms. The predicted octanol–water partition coefficient (Wildman–Crippen LogP) is 3.15. The number of carbonyl (C=O) groups is 1. The lowest BCUT2D eigenvalue weighted by Crippen LogP contribution is -2.37. The molecule has 0 aliphatic heterocycles. The minimum absolute atomic E-state index is 0.127. The molecule has 0 saturated heterocycles. The van der Waals surface area contributed by atoms with Crippen LogP contribution >= 0.6 is 0 Å². The van der Waals surface area contributed by atoms with E-state index in [1.165, 1.54) is 10.9 Å². The molecule has 0 atom stereocenters. The maximum Gasteiger partial charge on any atom is 0.225 e. The summed E-state index contributed by atoms with van der Waals surface area (Å²) in [6.07, 6.45) is 5.65. The van der Waals surface area contributed by atoms with Crippen molar-refractivity contribution in [1.82, 2.24) is 14.9 Å². The Bertz CT molecular complexity index is 628. The first kappa shape index (κ1) is 15.5. The van der Waals surface area contributed by atoms with E-state index >= 15 is 0 Å². The Morgan fingerprint density at radius 2 is 2.14 bits per heavy atom. The van der Waals surface area contributed by atoms with E-state index in [-0.39, 0.29) is 11.3 Å². The second kappa shape index (κ2) is 6.29. The maximum absolute atomic E-state index is 12.1. The average molecular weight is 287 g/mol. The average Bonchev–Trinajstić information content (AvgIpc) is 2.85. The van der Waals surface area contributed by atoms with Crippen molar-refractivity contribution in [2.24, 2.45) is 5.41 Å². The van der Waals surface area contributed by atoms with Crippen LogP contribution in [0.3, 0.4) is 0 Å². The molecule has 0 radical (unpaired) electrons. The fourth-order valence-electron chi connectivity index (χ4n) is 2.35. The van der Waals surface area contributed by atoms with Crippen LogP contribution in [0.15, 0.2) is 24.5 Å². The number of pyridine rings is 1. The van der Waals surface area contributed by atoms with Gasteiger partial charge in [0.15, 0.2) is 0 Å². The van der Waals surface area contributed by atoms with E-state index in [1.807, 2.05) is 33.0 Å². The SMILES string of the molecule is CCn1cc(CCNC(=O)C(C)(C)CC)c2cccnc21. The van der Waals surface area contributed by atoms with Crippen molar-refractivity contribution in [2.75, 3.05) is 6.54 Å². The van der Waals surface area contributed by atoms with Crippen molar-refractivity contribution in [3.05, 3.63) is 30.1 Å². The number of fused-ring (bicyclic) bond motifs is 1. The Labute approximate surface area is 126 Å². The van der Waals surface area contributed by atoms with Gasteiger partial charge in [0.1, 0.15) is 5.65 Å². The van der Waals surface area contributed by atoms with Crippen LogP contribution in [0.2, 0.25) is 0 Å². The van der Waals surface area contributed by atoms with E-state index in [0.717, 1.165) is 25.0 Å². The summed E-state index contributed by atoms with van der Waals surface area (Å²) >= 11 is 0. The van der Waals surface area contributed by atoms with Crippen LogP contribution in [0, 0.1) is 5.41 Å². The van der Waals surface area contributed by atoms with Gasteiger partial charge in [0.2, 0.25) is 5.91 Å². The minimum atomic E-state index is -0.293. The van der Waals surface area contributed by atoms with Crippen LogP contribution in [0.4, 0.5) is 0 Å². The molecule has 4 nitrogen and oxygen atoms in total. The van der Waals surface area contributed by atoms with Crippen molar-refractivity contribution in [3.63, 3.8) is 0 Å². The molecule has 4 heteroatoms. The lowest BCUT2D eigenvalue weighted by molar-refractivity contribution is -0.129. The van der Waals surface area contributed by atoms with Gasteiger partial charge in [-0.1, -0.05) is 20.8 Å². The number of aryl methyl sites for hydroxylation is 1. The number of carbonyl (C=O) groups excluding carboxylic acids is 1. The van der Waals surface area contributed by atoms with Gasteiger partial charge in [0, 0.05) is 36.3 Å². The second-order valence-corrected chi connectivity index (χ2v) is 6.06. The van der Waals surface area contributed by atoms with Gasteiger partial charge in [-0.05, 0) is 37.5 Å². The second-order valence-electron chi connectivity index (χ2n) is 6.06. The number of aromatic nitrogens is 2. The van der Waals surface area contributed by atoms with Crippen molar-refractivity contribution >= 4 is 16.9 Å². The highest BCUT2D eigenvalue weighted by molar-refractivity contribution is 5.82. The van der Waals surface area contributed by atoms with Gasteiger partial charge in [-0.25, -0.2) is 4.98 Å². The van der Waals surface area contributed by atoms with Gasteiger partial charge in [-0.3, -0.25) is 4.79 Å². The van der Waals surface area contributed by atoms with Gasteiger partial charge < -0.3 is 9.88 Å². The third kappa shape index (κ3) is 3.26. The molecule has 0 aromatic carbocycles. The molecule has 0 aliphatic rings. The molecule has 114 valence electrons. The minimum Gasteiger partial charge on any atom is -0.355 e. The zero-order valence-electron chi connectivity index (χ0n) is 13.4. The first-order valence-corrected chi connectivity index (χ1v) is 7.70. The molecule has 2 heterocycles. The number of nitrogens with one attached hydrogen (secondary N) is 1. The van der Waals surface area contributed by atoms with E-state index in [0.29, 0.717) is 6.54 Å². The van der Waals surface area contributed by atoms with Crippen molar-refractivity contribution in [1.29, 1.82) is 0 Å². The molecular weight excluding hydrogens is 262 g/mol. The molecule has 1 N–H and O–H groups in total. The molecule has 0 saturated carbocycles. The van der Waals surface area contributed by atoms with E-state index < -0.39 is 0 Å². The first-order chi connectivity index (χ1) is 9.99. The van der Waals surface area contributed by atoms with Crippen LogP contribution in [0.1, 0.15) is 39.7 Å². The highest BCUT2D eigenvalue weighted by Gasteiger charge is 2.24. The van der Waals surface area contributed by atoms with Gasteiger partial charge in [0.25, 0.3) is 0 Å². The molecule has 2 rings (SSSR count). The molecule has 1 amide bonds. The van der Waals surface area contributed by atoms with E-state index in [9.17, 15) is 4.79 Å². The van der Waals surface area contributed by atoms with Gasteiger partial charge in [0.05, 0.1) is 0 Å². The standard InChI is InChI=1S/C17H25N3O/c1-5-17(3,4)16(21)19-11-9-13-12-20(6-2)15-14(13)8-7-10-18-15/h7-8,10,12H,5-6,9,11H2,1-4H3,(H,19,21). The summed E-state index contributed by atoms with van der Waals surface area (Å²) in [7, 11) is 0. The van der Waals surface area contributed by atoms with E-state index in [4.69, 9.17) is 0 Å². The van der Waals surface area contributed by atoms with E-state index in [2.05, 4.69) is 34.1 Å². The molecule has 21 heavy (non-hydrogen) atoms. The zero-order chi connectivity index (χ0) is 15.5. The molecular formula is C17H25N3O. The largest absolute Gasteiger partial charge is 0.355 e. The summed E-state index contributed by atoms with van der Waals surface area (Å²) in [5.74, 6) is 0.127. The number of hydrogen-bond donors (Lipinski definition) is 1. The summed E-state index contributed by atoms with van der Waals surface area (Å²) in [5, 5.41) is 4.23.